The van der Waals surface area contributed by atoms with E-state index in [1.165, 1.54) is 10.7 Å². The fourth-order valence-corrected chi connectivity index (χ4v) is 2.74. The monoisotopic (exact) mass is 303 g/mol. The number of aromatic amines is 2. The second-order valence-electron chi connectivity index (χ2n) is 5.25. The van der Waals surface area contributed by atoms with Crippen molar-refractivity contribution in [2.24, 2.45) is 0 Å². The van der Waals surface area contributed by atoms with Gasteiger partial charge in [-0.3, -0.25) is 14.7 Å². The van der Waals surface area contributed by atoms with E-state index in [2.05, 4.69) is 10.1 Å². The number of hydrogen-bond donors (Lipinski definition) is 2. The average molecular weight is 303 g/mol. The Bertz CT molecular complexity index is 1090. The Balaban J connectivity index is 2.08. The average Bonchev–Trinajstić information content (AvgIpc) is 2.92. The molecule has 0 radical (unpaired) electrons. The summed E-state index contributed by atoms with van der Waals surface area (Å²) < 4.78 is 1.44. The molecule has 0 bridgehead atoms. The van der Waals surface area contributed by atoms with E-state index in [1.807, 2.05) is 60.7 Å². The lowest BCUT2D eigenvalue weighted by molar-refractivity contribution is 0.858. The number of benzene rings is 2. The first kappa shape index (κ1) is 13.3. The summed E-state index contributed by atoms with van der Waals surface area (Å²) in [5, 5.41) is 3.45. The predicted molar refractivity (Wildman–Crippen MR) is 90.0 cm³/mol. The Kier molecular flexibility index (Phi) is 2.98. The van der Waals surface area contributed by atoms with Gasteiger partial charge in [0, 0.05) is 11.6 Å². The highest BCUT2D eigenvalue weighted by molar-refractivity contribution is 5.92. The summed E-state index contributed by atoms with van der Waals surface area (Å²) in [7, 11) is 0. The van der Waals surface area contributed by atoms with Gasteiger partial charge in [-0.1, -0.05) is 48.5 Å². The zero-order valence-corrected chi connectivity index (χ0v) is 12.1. The molecular weight excluding hydrogens is 290 g/mol. The Morgan fingerprint density at radius 3 is 2.17 bits per heavy atom. The molecule has 0 unspecified atom stereocenters. The van der Waals surface area contributed by atoms with E-state index in [1.54, 1.807) is 0 Å². The molecule has 23 heavy (non-hydrogen) atoms. The molecule has 4 rings (SSSR count). The first-order valence-electron chi connectivity index (χ1n) is 7.23. The van der Waals surface area contributed by atoms with Gasteiger partial charge in [-0.05, 0) is 17.7 Å². The van der Waals surface area contributed by atoms with Crippen LogP contribution in [-0.2, 0) is 0 Å². The Labute approximate surface area is 130 Å². The summed E-state index contributed by atoms with van der Waals surface area (Å²) >= 11 is 0. The van der Waals surface area contributed by atoms with Crippen LogP contribution in [0.5, 0.6) is 0 Å². The number of H-pyrrole nitrogens is 2. The lowest BCUT2D eigenvalue weighted by Gasteiger charge is -2.01. The minimum atomic E-state index is -0.252. The van der Waals surface area contributed by atoms with Crippen LogP contribution in [0.15, 0.2) is 76.3 Å². The van der Waals surface area contributed by atoms with Gasteiger partial charge >= 0.3 is 0 Å². The van der Waals surface area contributed by atoms with E-state index >= 15 is 0 Å². The topological polar surface area (TPSA) is 70.7 Å². The minimum Gasteiger partial charge on any atom is -0.307 e. The van der Waals surface area contributed by atoms with E-state index < -0.39 is 0 Å². The van der Waals surface area contributed by atoms with Crippen LogP contribution >= 0.6 is 0 Å². The van der Waals surface area contributed by atoms with Crippen LogP contribution < -0.4 is 11.1 Å². The molecule has 5 nitrogen and oxygen atoms in total. The molecule has 2 aromatic carbocycles. The smallest absolute Gasteiger partial charge is 0.281 e. The van der Waals surface area contributed by atoms with Crippen LogP contribution in [0, 0.1) is 0 Å². The minimum absolute atomic E-state index is 0.193. The van der Waals surface area contributed by atoms with E-state index in [9.17, 15) is 9.59 Å². The normalized spacial score (nSPS) is 11.0. The Morgan fingerprint density at radius 1 is 0.826 bits per heavy atom. The lowest BCUT2D eigenvalue weighted by atomic mass is 10.0. The number of nitrogens with one attached hydrogen (secondary N) is 2. The largest absolute Gasteiger partial charge is 0.307 e. The van der Waals surface area contributed by atoms with Gasteiger partial charge in [0.2, 0.25) is 5.56 Å². The fourth-order valence-electron chi connectivity index (χ4n) is 2.74. The second kappa shape index (κ2) is 5.14. The number of aromatic nitrogens is 3. The van der Waals surface area contributed by atoms with Gasteiger partial charge in [-0.15, -0.1) is 0 Å². The van der Waals surface area contributed by atoms with Crippen molar-refractivity contribution in [3.8, 4) is 16.8 Å². The van der Waals surface area contributed by atoms with Gasteiger partial charge in [0.05, 0.1) is 11.1 Å². The number of rotatable bonds is 2. The van der Waals surface area contributed by atoms with Crippen molar-refractivity contribution in [2.75, 3.05) is 0 Å². The number of nitrogens with zero attached hydrogens (tertiary/aromatic N) is 1. The Hall–Kier alpha value is -3.34. The van der Waals surface area contributed by atoms with Crippen molar-refractivity contribution >= 4 is 11.0 Å². The summed E-state index contributed by atoms with van der Waals surface area (Å²) in [6, 6.07) is 20.1. The highest BCUT2D eigenvalue weighted by Crippen LogP contribution is 2.23. The van der Waals surface area contributed by atoms with Gasteiger partial charge in [-0.2, -0.15) is 0 Å². The molecule has 2 heterocycles. The van der Waals surface area contributed by atoms with Gasteiger partial charge in [0.15, 0.2) is 0 Å². The van der Waals surface area contributed by atoms with Gasteiger partial charge in [0.25, 0.3) is 5.56 Å². The van der Waals surface area contributed by atoms with E-state index in [-0.39, 0.29) is 11.1 Å². The zero-order valence-electron chi connectivity index (χ0n) is 12.1. The maximum atomic E-state index is 12.8. The summed E-state index contributed by atoms with van der Waals surface area (Å²) in [5.41, 5.74) is 2.15. The van der Waals surface area contributed by atoms with Crippen LogP contribution in [0.25, 0.3) is 27.8 Å². The van der Waals surface area contributed by atoms with Crippen molar-refractivity contribution in [3.05, 3.63) is 87.4 Å². The maximum absolute atomic E-state index is 12.8. The molecule has 0 fully saturated rings. The van der Waals surface area contributed by atoms with Gasteiger partial charge < -0.3 is 4.98 Å². The molecule has 0 saturated carbocycles. The third-order valence-electron chi connectivity index (χ3n) is 3.78. The van der Waals surface area contributed by atoms with Crippen molar-refractivity contribution in [3.63, 3.8) is 0 Å². The number of fused-ring (bicyclic) bond motifs is 1. The van der Waals surface area contributed by atoms with Crippen LogP contribution in [-0.4, -0.2) is 14.8 Å². The Morgan fingerprint density at radius 2 is 1.48 bits per heavy atom. The van der Waals surface area contributed by atoms with Crippen LogP contribution in [0.4, 0.5) is 0 Å². The SMILES string of the molecule is O=c1cc(-c2ccccc2)c2c(=O)n(-c3ccccc3)[nH]c2[nH]1. The van der Waals surface area contributed by atoms with Crippen molar-refractivity contribution in [2.45, 2.75) is 0 Å². The molecule has 0 saturated heterocycles. The standard InChI is InChI=1S/C18H13N3O2/c22-15-11-14(12-7-3-1-4-8-12)16-17(19-15)20-21(18(16)23)13-9-5-2-6-10-13/h1-11H,(H2,19,20,22). The lowest BCUT2D eigenvalue weighted by Crippen LogP contribution is -2.14. The van der Waals surface area contributed by atoms with Crippen LogP contribution in [0.1, 0.15) is 0 Å². The zero-order chi connectivity index (χ0) is 15.8. The molecule has 0 amide bonds. The third kappa shape index (κ3) is 2.19. The van der Waals surface area contributed by atoms with Crippen LogP contribution in [0.3, 0.4) is 0 Å². The van der Waals surface area contributed by atoms with Crippen molar-refractivity contribution in [1.29, 1.82) is 0 Å². The molecular formula is C18H13N3O2. The quantitative estimate of drug-likeness (QED) is 0.597. The van der Waals surface area contributed by atoms with Crippen molar-refractivity contribution in [1.82, 2.24) is 14.8 Å². The molecule has 5 heteroatoms. The third-order valence-corrected chi connectivity index (χ3v) is 3.78. The highest BCUT2D eigenvalue weighted by Gasteiger charge is 2.14. The molecule has 2 N–H and O–H groups in total. The van der Waals surface area contributed by atoms with Crippen molar-refractivity contribution < 1.29 is 0 Å². The van der Waals surface area contributed by atoms with Gasteiger partial charge in [0.1, 0.15) is 5.65 Å². The first-order valence-corrected chi connectivity index (χ1v) is 7.23. The molecule has 0 spiro atoms. The molecule has 0 aliphatic rings. The molecule has 4 aromatic rings. The summed E-state index contributed by atoms with van der Waals surface area (Å²) in [6.07, 6.45) is 0. The molecule has 2 aromatic heterocycles. The maximum Gasteiger partial charge on any atom is 0.281 e. The summed E-state index contributed by atoms with van der Waals surface area (Å²) in [4.78, 5) is 27.5. The number of hydrogen-bond acceptors (Lipinski definition) is 2. The fraction of sp³-hybridized carbons (Fsp3) is 0. The number of para-hydroxylation sites is 1. The highest BCUT2D eigenvalue weighted by atomic mass is 16.1. The molecule has 112 valence electrons. The predicted octanol–water partition coefficient (Wildman–Crippen LogP) is 2.67. The summed E-state index contributed by atoms with van der Waals surface area (Å²) in [6.45, 7) is 0. The van der Waals surface area contributed by atoms with E-state index in [0.29, 0.717) is 22.3 Å². The number of pyridine rings is 1. The van der Waals surface area contributed by atoms with Crippen LogP contribution in [0.2, 0.25) is 0 Å². The molecule has 0 atom stereocenters. The van der Waals surface area contributed by atoms with E-state index in [4.69, 9.17) is 0 Å². The molecule has 0 aliphatic carbocycles. The van der Waals surface area contributed by atoms with Gasteiger partial charge in [-0.25, -0.2) is 4.68 Å². The first-order chi connectivity index (χ1) is 11.2. The van der Waals surface area contributed by atoms with E-state index in [0.717, 1.165) is 5.56 Å². The summed E-state index contributed by atoms with van der Waals surface area (Å²) in [5.74, 6) is 0. The second-order valence-corrected chi connectivity index (χ2v) is 5.25. The molecule has 0 aliphatic heterocycles.